The molecule has 0 amide bonds. The lowest BCUT2D eigenvalue weighted by molar-refractivity contribution is 0.220. The van der Waals surface area contributed by atoms with Crippen LogP contribution in [0.1, 0.15) is 40.0 Å². The Morgan fingerprint density at radius 3 is 2.92 bits per heavy atom. The van der Waals surface area contributed by atoms with Crippen molar-refractivity contribution in [1.29, 1.82) is 0 Å². The van der Waals surface area contributed by atoms with E-state index in [1.807, 2.05) is 13.8 Å². The van der Waals surface area contributed by atoms with Gasteiger partial charge in [-0.15, -0.1) is 0 Å². The topological polar surface area (TPSA) is 21.6 Å². The quantitative estimate of drug-likeness (QED) is 0.619. The van der Waals surface area contributed by atoms with E-state index in [1.54, 1.807) is 0 Å². The molecule has 1 heterocycles. The molecule has 1 aliphatic heterocycles. The van der Waals surface area contributed by atoms with Crippen molar-refractivity contribution < 1.29 is 4.74 Å². The van der Waals surface area contributed by atoms with Crippen LogP contribution in [-0.2, 0) is 4.74 Å². The molecule has 2 heteroatoms. The lowest BCUT2D eigenvalue weighted by Gasteiger charge is -2.15. The van der Waals surface area contributed by atoms with E-state index in [-0.39, 0.29) is 6.10 Å². The maximum Gasteiger partial charge on any atom is 0.188 e. The fraction of sp³-hybridized carbons (Fsp3) is 0.700. The highest BCUT2D eigenvalue weighted by molar-refractivity contribution is 5.78. The standard InChI is InChI=1S/C10H17NO/c1-4-9-6-5-7-10(11-9)12-8(2)3/h6,8H,4-5,7H2,1-3H3. The van der Waals surface area contributed by atoms with Gasteiger partial charge in [-0.3, -0.25) is 0 Å². The second-order valence-corrected chi connectivity index (χ2v) is 3.26. The van der Waals surface area contributed by atoms with E-state index >= 15 is 0 Å². The minimum absolute atomic E-state index is 0.250. The van der Waals surface area contributed by atoms with Crippen LogP contribution in [0.3, 0.4) is 0 Å². The van der Waals surface area contributed by atoms with E-state index in [2.05, 4.69) is 18.0 Å². The highest BCUT2D eigenvalue weighted by Gasteiger charge is 2.08. The van der Waals surface area contributed by atoms with Crippen LogP contribution in [0.15, 0.2) is 16.8 Å². The lowest BCUT2D eigenvalue weighted by atomic mass is 10.2. The van der Waals surface area contributed by atoms with Crippen LogP contribution in [-0.4, -0.2) is 12.0 Å². The Hall–Kier alpha value is -0.790. The molecule has 68 valence electrons. The fourth-order valence-corrected chi connectivity index (χ4v) is 1.20. The van der Waals surface area contributed by atoms with Gasteiger partial charge >= 0.3 is 0 Å². The second-order valence-electron chi connectivity index (χ2n) is 3.26. The summed E-state index contributed by atoms with van der Waals surface area (Å²) in [6.45, 7) is 6.19. The Morgan fingerprint density at radius 2 is 2.33 bits per heavy atom. The summed E-state index contributed by atoms with van der Waals surface area (Å²) in [6.07, 6.45) is 5.48. The zero-order valence-corrected chi connectivity index (χ0v) is 8.13. The molecule has 0 unspecified atom stereocenters. The second kappa shape index (κ2) is 4.29. The number of nitrogens with zero attached hydrogens (tertiary/aromatic N) is 1. The summed E-state index contributed by atoms with van der Waals surface area (Å²) in [5, 5.41) is 0. The molecule has 0 radical (unpaired) electrons. The van der Waals surface area contributed by atoms with Crippen molar-refractivity contribution in [3.8, 4) is 0 Å². The molecule has 1 aliphatic rings. The van der Waals surface area contributed by atoms with Gasteiger partial charge in [0.2, 0.25) is 0 Å². The van der Waals surface area contributed by atoms with Gasteiger partial charge in [-0.05, 0) is 26.7 Å². The van der Waals surface area contributed by atoms with Crippen molar-refractivity contribution in [3.63, 3.8) is 0 Å². The van der Waals surface area contributed by atoms with Gasteiger partial charge in [0.25, 0.3) is 0 Å². The first-order valence-corrected chi connectivity index (χ1v) is 4.65. The molecule has 0 fully saturated rings. The first-order valence-electron chi connectivity index (χ1n) is 4.65. The third kappa shape index (κ3) is 2.68. The van der Waals surface area contributed by atoms with Gasteiger partial charge in [-0.2, -0.15) is 0 Å². The molecule has 0 aromatic rings. The molecule has 0 saturated heterocycles. The van der Waals surface area contributed by atoms with Crippen LogP contribution in [0.4, 0.5) is 0 Å². The predicted molar refractivity (Wildman–Crippen MR) is 51.3 cm³/mol. The average molecular weight is 167 g/mol. The molecular weight excluding hydrogens is 150 g/mol. The van der Waals surface area contributed by atoms with Gasteiger partial charge in [0, 0.05) is 12.1 Å². The molecule has 2 nitrogen and oxygen atoms in total. The lowest BCUT2D eigenvalue weighted by Crippen LogP contribution is -2.13. The van der Waals surface area contributed by atoms with Gasteiger partial charge in [-0.25, -0.2) is 4.99 Å². The molecule has 0 aromatic carbocycles. The molecule has 0 saturated carbocycles. The van der Waals surface area contributed by atoms with Crippen LogP contribution in [0.5, 0.6) is 0 Å². The fourth-order valence-electron chi connectivity index (χ4n) is 1.20. The number of aliphatic imine (C=N–C) groups is 1. The maximum atomic E-state index is 5.53. The Bertz CT molecular complexity index is 204. The van der Waals surface area contributed by atoms with Gasteiger partial charge < -0.3 is 4.74 Å². The number of hydrogen-bond donors (Lipinski definition) is 0. The summed E-state index contributed by atoms with van der Waals surface area (Å²) in [5.74, 6) is 0.907. The number of allylic oxidation sites excluding steroid dienone is 2. The summed E-state index contributed by atoms with van der Waals surface area (Å²) in [6, 6.07) is 0. The van der Waals surface area contributed by atoms with E-state index < -0.39 is 0 Å². The molecule has 0 aromatic heterocycles. The minimum Gasteiger partial charge on any atom is -0.478 e. The first kappa shape index (κ1) is 9.30. The van der Waals surface area contributed by atoms with Crippen molar-refractivity contribution >= 4 is 5.90 Å². The third-order valence-electron chi connectivity index (χ3n) is 1.74. The Kier molecular flexibility index (Phi) is 3.32. The third-order valence-corrected chi connectivity index (χ3v) is 1.74. The summed E-state index contributed by atoms with van der Waals surface area (Å²) in [4.78, 5) is 4.40. The van der Waals surface area contributed by atoms with Gasteiger partial charge in [0.1, 0.15) is 0 Å². The SMILES string of the molecule is CCC1=CCCC(OC(C)C)=N1. The predicted octanol–water partition coefficient (Wildman–Crippen LogP) is 2.90. The molecule has 0 aliphatic carbocycles. The summed E-state index contributed by atoms with van der Waals surface area (Å²) in [5.41, 5.74) is 1.16. The summed E-state index contributed by atoms with van der Waals surface area (Å²) in [7, 11) is 0. The molecule has 12 heavy (non-hydrogen) atoms. The Morgan fingerprint density at radius 1 is 1.58 bits per heavy atom. The largest absolute Gasteiger partial charge is 0.478 e. The highest BCUT2D eigenvalue weighted by Crippen LogP contribution is 2.14. The minimum atomic E-state index is 0.250. The molecule has 0 atom stereocenters. The van der Waals surface area contributed by atoms with Crippen LogP contribution in [0.2, 0.25) is 0 Å². The van der Waals surface area contributed by atoms with Crippen molar-refractivity contribution in [1.82, 2.24) is 0 Å². The number of ether oxygens (including phenoxy) is 1. The normalized spacial score (nSPS) is 17.3. The number of hydrogen-bond acceptors (Lipinski definition) is 2. The van der Waals surface area contributed by atoms with E-state index in [1.165, 1.54) is 0 Å². The monoisotopic (exact) mass is 167 g/mol. The van der Waals surface area contributed by atoms with Gasteiger partial charge in [0.05, 0.1) is 6.10 Å². The zero-order chi connectivity index (χ0) is 8.97. The van der Waals surface area contributed by atoms with E-state index in [9.17, 15) is 0 Å². The maximum absolute atomic E-state index is 5.53. The number of rotatable bonds is 2. The molecular formula is C10H17NO. The van der Waals surface area contributed by atoms with Crippen molar-refractivity contribution in [3.05, 3.63) is 11.8 Å². The summed E-state index contributed by atoms with van der Waals surface area (Å²) >= 11 is 0. The van der Waals surface area contributed by atoms with Crippen LogP contribution < -0.4 is 0 Å². The molecule has 1 rings (SSSR count). The first-order chi connectivity index (χ1) is 5.72. The van der Waals surface area contributed by atoms with Crippen LogP contribution >= 0.6 is 0 Å². The van der Waals surface area contributed by atoms with E-state index in [4.69, 9.17) is 4.74 Å². The molecule has 0 bridgehead atoms. The smallest absolute Gasteiger partial charge is 0.188 e. The highest BCUT2D eigenvalue weighted by atomic mass is 16.5. The Labute approximate surface area is 74.3 Å². The van der Waals surface area contributed by atoms with Crippen LogP contribution in [0.25, 0.3) is 0 Å². The van der Waals surface area contributed by atoms with E-state index in [0.717, 1.165) is 30.9 Å². The van der Waals surface area contributed by atoms with Crippen LogP contribution in [0, 0.1) is 0 Å². The molecule has 0 spiro atoms. The van der Waals surface area contributed by atoms with E-state index in [0.29, 0.717) is 0 Å². The van der Waals surface area contributed by atoms with Crippen molar-refractivity contribution in [2.75, 3.05) is 0 Å². The van der Waals surface area contributed by atoms with Crippen molar-refractivity contribution in [2.24, 2.45) is 4.99 Å². The average Bonchev–Trinajstić information content (AvgIpc) is 2.03. The van der Waals surface area contributed by atoms with Gasteiger partial charge in [-0.1, -0.05) is 13.0 Å². The van der Waals surface area contributed by atoms with Gasteiger partial charge in [0.15, 0.2) is 5.90 Å². The Balaban J connectivity index is 2.54. The zero-order valence-electron chi connectivity index (χ0n) is 8.13. The summed E-state index contributed by atoms with van der Waals surface area (Å²) < 4.78 is 5.53. The molecule has 0 N–H and O–H groups in total. The van der Waals surface area contributed by atoms with Crippen molar-refractivity contribution in [2.45, 2.75) is 46.1 Å².